The topological polar surface area (TPSA) is 52.3 Å². The van der Waals surface area contributed by atoms with Crippen LogP contribution < -0.4 is 5.73 Å². The molecule has 1 aliphatic carbocycles. The van der Waals surface area contributed by atoms with E-state index < -0.39 is 0 Å². The van der Waals surface area contributed by atoms with Gasteiger partial charge in [0.2, 0.25) is 0 Å². The summed E-state index contributed by atoms with van der Waals surface area (Å²) in [5.41, 5.74) is 5.72. The predicted octanol–water partition coefficient (Wildman–Crippen LogP) is 1.96. The van der Waals surface area contributed by atoms with Crippen LogP contribution >= 0.6 is 11.8 Å². The molecule has 0 bridgehead atoms. The summed E-state index contributed by atoms with van der Waals surface area (Å²) in [5.74, 6) is 0.747. The second-order valence-electron chi connectivity index (χ2n) is 3.14. The van der Waals surface area contributed by atoms with Crippen LogP contribution in [-0.4, -0.2) is 17.8 Å². The summed E-state index contributed by atoms with van der Waals surface area (Å²) >= 11 is 1.09. The number of nitrogens with two attached hydrogens (primary N) is 1. The summed E-state index contributed by atoms with van der Waals surface area (Å²) < 4.78 is 4.50. The molecule has 0 aromatic carbocycles. The molecule has 12 heavy (non-hydrogen) atoms. The molecule has 2 N–H and O–H groups in total. The number of hydrogen-bond donors (Lipinski definition) is 1. The SMILES string of the molecule is COC(=O)SC(N)CC1CCC1. The van der Waals surface area contributed by atoms with Gasteiger partial charge in [-0.2, -0.15) is 0 Å². The standard InChI is InChI=1S/C8H15NO2S/c1-11-8(10)12-7(9)5-6-3-2-4-6/h6-7H,2-5,9H2,1H3. The minimum atomic E-state index is -0.276. The molecule has 0 aromatic heterocycles. The summed E-state index contributed by atoms with van der Waals surface area (Å²) in [4.78, 5) is 10.8. The van der Waals surface area contributed by atoms with Crippen LogP contribution in [0.2, 0.25) is 0 Å². The van der Waals surface area contributed by atoms with Gasteiger partial charge in [0, 0.05) is 0 Å². The second kappa shape index (κ2) is 4.72. The first kappa shape index (κ1) is 9.86. The zero-order valence-electron chi connectivity index (χ0n) is 7.29. The molecule has 0 aromatic rings. The Bertz CT molecular complexity index is 159. The van der Waals surface area contributed by atoms with Crippen LogP contribution in [0.5, 0.6) is 0 Å². The highest BCUT2D eigenvalue weighted by molar-refractivity contribution is 8.13. The Morgan fingerprint density at radius 2 is 2.42 bits per heavy atom. The van der Waals surface area contributed by atoms with Crippen molar-refractivity contribution in [3.63, 3.8) is 0 Å². The maximum absolute atomic E-state index is 10.8. The second-order valence-corrected chi connectivity index (χ2v) is 4.32. The number of carbonyl (C=O) groups excluding carboxylic acids is 1. The van der Waals surface area contributed by atoms with Gasteiger partial charge in [-0.1, -0.05) is 19.3 Å². The molecule has 1 fully saturated rings. The van der Waals surface area contributed by atoms with E-state index in [0.29, 0.717) is 0 Å². The molecule has 0 radical (unpaired) electrons. The minimum absolute atomic E-state index is 0.0808. The summed E-state index contributed by atoms with van der Waals surface area (Å²) in [7, 11) is 1.38. The molecule has 0 amide bonds. The number of hydrogen-bond acceptors (Lipinski definition) is 4. The molecule has 1 saturated carbocycles. The van der Waals surface area contributed by atoms with Crippen LogP contribution in [0.4, 0.5) is 4.79 Å². The number of methoxy groups -OCH3 is 1. The summed E-state index contributed by atoms with van der Waals surface area (Å²) in [6.07, 6.45) is 4.81. The molecule has 3 nitrogen and oxygen atoms in total. The van der Waals surface area contributed by atoms with Gasteiger partial charge in [-0.15, -0.1) is 0 Å². The van der Waals surface area contributed by atoms with Crippen LogP contribution in [0.25, 0.3) is 0 Å². The Kier molecular flexibility index (Phi) is 3.88. The normalized spacial score (nSPS) is 19.8. The smallest absolute Gasteiger partial charge is 0.368 e. The third-order valence-corrected chi connectivity index (χ3v) is 3.06. The molecule has 0 aliphatic heterocycles. The summed E-state index contributed by atoms with van der Waals surface area (Å²) in [6, 6.07) is 0. The van der Waals surface area contributed by atoms with E-state index in [1.54, 1.807) is 0 Å². The highest BCUT2D eigenvalue weighted by atomic mass is 32.2. The Hall–Kier alpha value is -0.220. The zero-order chi connectivity index (χ0) is 8.97. The first-order chi connectivity index (χ1) is 5.72. The summed E-state index contributed by atoms with van der Waals surface area (Å²) in [5, 5.41) is -0.357. The van der Waals surface area contributed by atoms with E-state index in [1.807, 2.05) is 0 Å². The quantitative estimate of drug-likeness (QED) is 0.544. The Morgan fingerprint density at radius 1 is 1.75 bits per heavy atom. The molecule has 1 atom stereocenters. The lowest BCUT2D eigenvalue weighted by Crippen LogP contribution is -2.25. The number of ether oxygens (including phenoxy) is 1. The van der Waals surface area contributed by atoms with Gasteiger partial charge in [0.05, 0.1) is 12.5 Å². The van der Waals surface area contributed by atoms with Crippen LogP contribution in [0, 0.1) is 5.92 Å². The average Bonchev–Trinajstić information content (AvgIpc) is 1.97. The lowest BCUT2D eigenvalue weighted by atomic mass is 9.83. The van der Waals surface area contributed by atoms with Crippen LogP contribution in [0.3, 0.4) is 0 Å². The molecular weight excluding hydrogens is 174 g/mol. The molecule has 0 spiro atoms. The van der Waals surface area contributed by atoms with E-state index in [-0.39, 0.29) is 10.7 Å². The average molecular weight is 189 g/mol. The van der Waals surface area contributed by atoms with E-state index in [4.69, 9.17) is 5.73 Å². The van der Waals surface area contributed by atoms with E-state index in [2.05, 4.69) is 4.74 Å². The number of carbonyl (C=O) groups is 1. The van der Waals surface area contributed by atoms with Gasteiger partial charge in [-0.25, -0.2) is 4.79 Å². The van der Waals surface area contributed by atoms with Crippen molar-refractivity contribution in [3.05, 3.63) is 0 Å². The van der Waals surface area contributed by atoms with Crippen LogP contribution in [0.1, 0.15) is 25.7 Å². The highest BCUT2D eigenvalue weighted by Crippen LogP contribution is 2.32. The first-order valence-electron chi connectivity index (χ1n) is 4.22. The van der Waals surface area contributed by atoms with Gasteiger partial charge in [-0.05, 0) is 24.1 Å². The van der Waals surface area contributed by atoms with Crippen molar-refractivity contribution in [2.24, 2.45) is 11.7 Å². The lowest BCUT2D eigenvalue weighted by molar-refractivity contribution is 0.200. The van der Waals surface area contributed by atoms with Gasteiger partial charge in [-0.3, -0.25) is 0 Å². The van der Waals surface area contributed by atoms with Crippen LogP contribution in [-0.2, 0) is 4.74 Å². The maximum Gasteiger partial charge on any atom is 0.368 e. The predicted molar refractivity (Wildman–Crippen MR) is 49.9 cm³/mol. The Labute approximate surface area is 77.0 Å². The summed E-state index contributed by atoms with van der Waals surface area (Å²) in [6.45, 7) is 0. The van der Waals surface area contributed by atoms with Crippen molar-refractivity contribution in [1.29, 1.82) is 0 Å². The van der Waals surface area contributed by atoms with E-state index in [0.717, 1.165) is 24.1 Å². The van der Waals surface area contributed by atoms with Crippen molar-refractivity contribution in [1.82, 2.24) is 0 Å². The van der Waals surface area contributed by atoms with Gasteiger partial charge in [0.1, 0.15) is 0 Å². The van der Waals surface area contributed by atoms with E-state index >= 15 is 0 Å². The minimum Gasteiger partial charge on any atom is -0.461 e. The monoisotopic (exact) mass is 189 g/mol. The number of rotatable bonds is 3. The third kappa shape index (κ3) is 3.03. The zero-order valence-corrected chi connectivity index (χ0v) is 8.10. The highest BCUT2D eigenvalue weighted by Gasteiger charge is 2.21. The fraction of sp³-hybridized carbons (Fsp3) is 0.875. The van der Waals surface area contributed by atoms with Crippen molar-refractivity contribution in [2.75, 3.05) is 7.11 Å². The van der Waals surface area contributed by atoms with Crippen LogP contribution in [0.15, 0.2) is 0 Å². The van der Waals surface area contributed by atoms with Gasteiger partial charge in [0.15, 0.2) is 0 Å². The molecule has 70 valence electrons. The molecule has 1 unspecified atom stereocenters. The number of thioether (sulfide) groups is 1. The largest absolute Gasteiger partial charge is 0.461 e. The van der Waals surface area contributed by atoms with E-state index in [9.17, 15) is 4.79 Å². The van der Waals surface area contributed by atoms with Crippen molar-refractivity contribution >= 4 is 17.1 Å². The Morgan fingerprint density at radius 3 is 2.83 bits per heavy atom. The molecular formula is C8H15NO2S. The van der Waals surface area contributed by atoms with Crippen molar-refractivity contribution in [3.8, 4) is 0 Å². The fourth-order valence-corrected chi connectivity index (χ4v) is 1.99. The molecule has 1 rings (SSSR count). The van der Waals surface area contributed by atoms with E-state index in [1.165, 1.54) is 26.4 Å². The van der Waals surface area contributed by atoms with Gasteiger partial charge in [0.25, 0.3) is 0 Å². The fourth-order valence-electron chi connectivity index (χ4n) is 1.28. The Balaban J connectivity index is 2.10. The molecule has 0 saturated heterocycles. The third-order valence-electron chi connectivity index (χ3n) is 2.20. The van der Waals surface area contributed by atoms with Gasteiger partial charge < -0.3 is 10.5 Å². The first-order valence-corrected chi connectivity index (χ1v) is 5.10. The lowest BCUT2D eigenvalue weighted by Gasteiger charge is -2.27. The van der Waals surface area contributed by atoms with Gasteiger partial charge >= 0.3 is 5.30 Å². The van der Waals surface area contributed by atoms with Crippen molar-refractivity contribution in [2.45, 2.75) is 31.1 Å². The molecule has 4 heteroatoms. The van der Waals surface area contributed by atoms with Crippen molar-refractivity contribution < 1.29 is 9.53 Å². The molecule has 1 aliphatic rings. The maximum atomic E-state index is 10.8. The molecule has 0 heterocycles.